The molecule has 1 aliphatic carbocycles. The SMILES string of the molecule is NCC1CC1c1ccccc1OC(F)(F)F. The van der Waals surface area contributed by atoms with Crippen LogP contribution < -0.4 is 10.5 Å². The Hall–Kier alpha value is -1.23. The van der Waals surface area contributed by atoms with E-state index in [-0.39, 0.29) is 17.6 Å². The van der Waals surface area contributed by atoms with Crippen LogP contribution in [0.2, 0.25) is 0 Å². The van der Waals surface area contributed by atoms with E-state index in [0.717, 1.165) is 6.42 Å². The molecule has 0 amide bonds. The fraction of sp³-hybridized carbons (Fsp3) is 0.455. The van der Waals surface area contributed by atoms with Crippen LogP contribution in [0, 0.1) is 5.92 Å². The first-order valence-electron chi connectivity index (χ1n) is 5.06. The molecule has 0 saturated heterocycles. The van der Waals surface area contributed by atoms with Crippen molar-refractivity contribution in [2.24, 2.45) is 11.7 Å². The van der Waals surface area contributed by atoms with Gasteiger partial charge in [0.05, 0.1) is 0 Å². The number of hydrogen-bond donors (Lipinski definition) is 1. The van der Waals surface area contributed by atoms with E-state index in [1.807, 2.05) is 0 Å². The van der Waals surface area contributed by atoms with Gasteiger partial charge in [0.2, 0.25) is 0 Å². The van der Waals surface area contributed by atoms with Gasteiger partial charge < -0.3 is 10.5 Å². The topological polar surface area (TPSA) is 35.2 Å². The summed E-state index contributed by atoms with van der Waals surface area (Å²) in [6, 6.07) is 6.25. The number of para-hydroxylation sites is 1. The third kappa shape index (κ3) is 2.47. The van der Waals surface area contributed by atoms with Crippen molar-refractivity contribution in [2.45, 2.75) is 18.7 Å². The summed E-state index contributed by atoms with van der Waals surface area (Å²) in [5.74, 6) is 0.303. The van der Waals surface area contributed by atoms with Crippen LogP contribution in [0.3, 0.4) is 0 Å². The quantitative estimate of drug-likeness (QED) is 0.867. The number of ether oxygens (including phenoxy) is 1. The second-order valence-electron chi connectivity index (χ2n) is 3.92. The lowest BCUT2D eigenvalue weighted by Crippen LogP contribution is -2.18. The molecule has 1 fully saturated rings. The summed E-state index contributed by atoms with van der Waals surface area (Å²) in [6.45, 7) is 0.505. The average molecular weight is 231 g/mol. The smallest absolute Gasteiger partial charge is 0.405 e. The Labute approximate surface area is 91.2 Å². The monoisotopic (exact) mass is 231 g/mol. The van der Waals surface area contributed by atoms with Crippen molar-refractivity contribution in [1.29, 1.82) is 0 Å². The van der Waals surface area contributed by atoms with Gasteiger partial charge in [0.15, 0.2) is 0 Å². The van der Waals surface area contributed by atoms with E-state index in [0.29, 0.717) is 12.1 Å². The molecule has 0 bridgehead atoms. The minimum Gasteiger partial charge on any atom is -0.405 e. The molecule has 2 nitrogen and oxygen atoms in total. The molecule has 0 spiro atoms. The number of benzene rings is 1. The summed E-state index contributed by atoms with van der Waals surface area (Å²) in [6.07, 6.45) is -3.79. The maximum Gasteiger partial charge on any atom is 0.573 e. The molecule has 1 aliphatic rings. The number of alkyl halides is 3. The summed E-state index contributed by atoms with van der Waals surface area (Å²) in [7, 11) is 0. The Kier molecular flexibility index (Phi) is 2.80. The van der Waals surface area contributed by atoms with E-state index in [1.165, 1.54) is 12.1 Å². The van der Waals surface area contributed by atoms with Gasteiger partial charge in [-0.25, -0.2) is 0 Å². The Morgan fingerprint density at radius 3 is 2.56 bits per heavy atom. The van der Waals surface area contributed by atoms with Gasteiger partial charge in [0.1, 0.15) is 5.75 Å². The summed E-state index contributed by atoms with van der Waals surface area (Å²) < 4.78 is 40.4. The van der Waals surface area contributed by atoms with Gasteiger partial charge in [-0.2, -0.15) is 0 Å². The maximum absolute atomic E-state index is 12.1. The first-order chi connectivity index (χ1) is 7.51. The second kappa shape index (κ2) is 3.97. The van der Waals surface area contributed by atoms with E-state index in [2.05, 4.69) is 4.74 Å². The van der Waals surface area contributed by atoms with Crippen LogP contribution in [0.25, 0.3) is 0 Å². The summed E-state index contributed by atoms with van der Waals surface area (Å²) in [5, 5.41) is 0. The van der Waals surface area contributed by atoms with Crippen molar-refractivity contribution in [2.75, 3.05) is 6.54 Å². The van der Waals surface area contributed by atoms with Gasteiger partial charge in [0.25, 0.3) is 0 Å². The van der Waals surface area contributed by atoms with Crippen LogP contribution in [0.15, 0.2) is 24.3 Å². The number of halogens is 3. The lowest BCUT2D eigenvalue weighted by atomic mass is 10.1. The molecule has 1 aromatic carbocycles. The van der Waals surface area contributed by atoms with Crippen molar-refractivity contribution in [3.05, 3.63) is 29.8 Å². The first kappa shape index (κ1) is 11.3. The highest BCUT2D eigenvalue weighted by molar-refractivity contribution is 5.39. The molecule has 5 heteroatoms. The molecule has 0 heterocycles. The predicted molar refractivity (Wildman–Crippen MR) is 53.0 cm³/mol. The van der Waals surface area contributed by atoms with Crippen molar-refractivity contribution in [3.8, 4) is 5.75 Å². The molecule has 0 aliphatic heterocycles. The fourth-order valence-corrected chi connectivity index (χ4v) is 1.89. The molecule has 1 saturated carbocycles. The minimum absolute atomic E-state index is 0.101. The van der Waals surface area contributed by atoms with E-state index in [1.54, 1.807) is 12.1 Å². The lowest BCUT2D eigenvalue weighted by molar-refractivity contribution is -0.274. The summed E-state index contributed by atoms with van der Waals surface area (Å²) >= 11 is 0. The molecule has 0 radical (unpaired) electrons. The van der Waals surface area contributed by atoms with Crippen molar-refractivity contribution in [3.63, 3.8) is 0 Å². The van der Waals surface area contributed by atoms with Crippen molar-refractivity contribution < 1.29 is 17.9 Å². The van der Waals surface area contributed by atoms with Gasteiger partial charge in [-0.1, -0.05) is 18.2 Å². The van der Waals surface area contributed by atoms with Crippen molar-refractivity contribution in [1.82, 2.24) is 0 Å². The first-order valence-corrected chi connectivity index (χ1v) is 5.06. The predicted octanol–water partition coefficient (Wildman–Crippen LogP) is 2.65. The molecule has 16 heavy (non-hydrogen) atoms. The fourth-order valence-electron chi connectivity index (χ4n) is 1.89. The van der Waals surface area contributed by atoms with Crippen molar-refractivity contribution >= 4 is 0 Å². The molecule has 2 rings (SSSR count). The van der Waals surface area contributed by atoms with Gasteiger partial charge in [-0.05, 0) is 36.4 Å². The summed E-state index contributed by atoms with van der Waals surface area (Å²) in [4.78, 5) is 0. The number of hydrogen-bond acceptors (Lipinski definition) is 2. The van der Waals surface area contributed by atoms with E-state index in [9.17, 15) is 13.2 Å². The van der Waals surface area contributed by atoms with Gasteiger partial charge in [-0.15, -0.1) is 13.2 Å². The van der Waals surface area contributed by atoms with Crippen LogP contribution in [0.4, 0.5) is 13.2 Å². The zero-order valence-corrected chi connectivity index (χ0v) is 8.50. The molecule has 2 unspecified atom stereocenters. The highest BCUT2D eigenvalue weighted by atomic mass is 19.4. The molecule has 2 N–H and O–H groups in total. The largest absolute Gasteiger partial charge is 0.573 e. The van der Waals surface area contributed by atoms with E-state index < -0.39 is 6.36 Å². The molecular weight excluding hydrogens is 219 g/mol. The van der Waals surface area contributed by atoms with Gasteiger partial charge in [-0.3, -0.25) is 0 Å². The lowest BCUT2D eigenvalue weighted by Gasteiger charge is -2.12. The summed E-state index contributed by atoms with van der Waals surface area (Å²) in [5.41, 5.74) is 6.08. The standard InChI is InChI=1S/C11H12F3NO/c12-11(13,14)16-10-4-2-1-3-8(10)9-5-7(9)6-15/h1-4,7,9H,5-6,15H2. The molecule has 1 aromatic rings. The Morgan fingerprint density at radius 2 is 2.00 bits per heavy atom. The Bertz CT molecular complexity index is 378. The minimum atomic E-state index is -4.64. The number of rotatable bonds is 3. The zero-order chi connectivity index (χ0) is 11.8. The van der Waals surface area contributed by atoms with Crippen LogP contribution in [0.1, 0.15) is 17.9 Å². The zero-order valence-electron chi connectivity index (χ0n) is 8.50. The normalized spacial score (nSPS) is 24.2. The van der Waals surface area contributed by atoms with E-state index in [4.69, 9.17) is 5.73 Å². The molecule has 88 valence electrons. The van der Waals surface area contributed by atoms with Crippen LogP contribution in [-0.4, -0.2) is 12.9 Å². The Morgan fingerprint density at radius 1 is 1.31 bits per heavy atom. The average Bonchev–Trinajstić information content (AvgIpc) is 2.95. The third-order valence-corrected chi connectivity index (χ3v) is 2.77. The highest BCUT2D eigenvalue weighted by Crippen LogP contribution is 2.50. The highest BCUT2D eigenvalue weighted by Gasteiger charge is 2.40. The Balaban J connectivity index is 2.19. The maximum atomic E-state index is 12.1. The third-order valence-electron chi connectivity index (χ3n) is 2.77. The molecule has 2 atom stereocenters. The molecular formula is C11H12F3NO. The molecule has 0 aromatic heterocycles. The second-order valence-corrected chi connectivity index (χ2v) is 3.92. The number of nitrogens with two attached hydrogens (primary N) is 1. The van der Waals surface area contributed by atoms with Crippen LogP contribution in [0.5, 0.6) is 5.75 Å². The van der Waals surface area contributed by atoms with E-state index >= 15 is 0 Å². The van der Waals surface area contributed by atoms with Crippen LogP contribution in [-0.2, 0) is 0 Å². The van der Waals surface area contributed by atoms with Gasteiger partial charge in [0, 0.05) is 0 Å². The van der Waals surface area contributed by atoms with Gasteiger partial charge >= 0.3 is 6.36 Å². The van der Waals surface area contributed by atoms with Crippen LogP contribution >= 0.6 is 0 Å².